The van der Waals surface area contributed by atoms with Crippen molar-refractivity contribution in [1.82, 2.24) is 9.88 Å². The number of carbonyl (C=O) groups is 1. The van der Waals surface area contributed by atoms with Gasteiger partial charge < -0.3 is 14.4 Å². The summed E-state index contributed by atoms with van der Waals surface area (Å²) in [5, 5.41) is 0.667. The minimum atomic E-state index is -0.124. The normalized spacial score (nSPS) is 16.5. The summed E-state index contributed by atoms with van der Waals surface area (Å²) in [5.74, 6) is 0.684. The van der Waals surface area contributed by atoms with Crippen molar-refractivity contribution in [2.75, 3.05) is 26.2 Å². The Bertz CT molecular complexity index is 931. The van der Waals surface area contributed by atoms with Gasteiger partial charge in [-0.3, -0.25) is 9.78 Å². The van der Waals surface area contributed by atoms with Crippen LogP contribution in [0.3, 0.4) is 0 Å². The minimum Gasteiger partial charge on any atom is -0.488 e. The van der Waals surface area contributed by atoms with E-state index >= 15 is 0 Å². The summed E-state index contributed by atoms with van der Waals surface area (Å²) in [6.45, 7) is 5.34. The first-order chi connectivity index (χ1) is 14.2. The largest absolute Gasteiger partial charge is 0.488 e. The molecule has 2 aliphatic heterocycles. The van der Waals surface area contributed by atoms with Crippen molar-refractivity contribution >= 4 is 23.1 Å². The molecule has 0 unspecified atom stereocenters. The Hall–Kier alpha value is -2.37. The van der Waals surface area contributed by atoms with E-state index in [-0.39, 0.29) is 5.97 Å². The second-order valence-corrected chi connectivity index (χ2v) is 7.75. The molecule has 1 aromatic heterocycles. The summed E-state index contributed by atoms with van der Waals surface area (Å²) in [4.78, 5) is 18.7. The topological polar surface area (TPSA) is 51.7 Å². The molecule has 1 aromatic carbocycles. The second-order valence-electron chi connectivity index (χ2n) is 7.32. The minimum absolute atomic E-state index is 0.124. The van der Waals surface area contributed by atoms with Crippen LogP contribution in [0.2, 0.25) is 5.02 Å². The number of piperidine rings is 1. The summed E-state index contributed by atoms with van der Waals surface area (Å²) >= 11 is 6.22. The van der Waals surface area contributed by atoms with Crippen LogP contribution in [0.15, 0.2) is 42.1 Å². The van der Waals surface area contributed by atoms with E-state index in [0.29, 0.717) is 24.7 Å². The van der Waals surface area contributed by atoms with E-state index in [2.05, 4.69) is 11.0 Å². The molecule has 4 rings (SSSR count). The third-order valence-electron chi connectivity index (χ3n) is 5.47. The van der Waals surface area contributed by atoms with Gasteiger partial charge in [0.05, 0.1) is 18.7 Å². The number of likely N-dealkylation sites (tertiary alicyclic amines) is 1. The molecule has 5 nitrogen and oxygen atoms in total. The first-order valence-corrected chi connectivity index (χ1v) is 10.5. The van der Waals surface area contributed by atoms with Crippen LogP contribution in [0.4, 0.5) is 0 Å². The van der Waals surface area contributed by atoms with Crippen molar-refractivity contribution in [2.24, 2.45) is 0 Å². The zero-order valence-electron chi connectivity index (χ0n) is 16.6. The molecular weight excluding hydrogens is 388 g/mol. The van der Waals surface area contributed by atoms with Gasteiger partial charge in [0.15, 0.2) is 0 Å². The molecule has 2 aromatic rings. The number of nitrogens with zero attached hydrogens (tertiary/aromatic N) is 2. The highest BCUT2D eigenvalue weighted by Gasteiger charge is 2.26. The van der Waals surface area contributed by atoms with Gasteiger partial charge in [0.25, 0.3) is 0 Å². The van der Waals surface area contributed by atoms with Crippen molar-refractivity contribution < 1.29 is 14.3 Å². The molecular formula is C23H25ClN2O3. The van der Waals surface area contributed by atoms with Gasteiger partial charge in [0, 0.05) is 47.6 Å². The number of esters is 1. The number of hydrogen-bond acceptors (Lipinski definition) is 5. The van der Waals surface area contributed by atoms with Gasteiger partial charge in [-0.25, -0.2) is 0 Å². The van der Waals surface area contributed by atoms with E-state index in [1.54, 1.807) is 0 Å². The number of rotatable bonds is 4. The number of fused-ring (bicyclic) bond motifs is 2. The van der Waals surface area contributed by atoms with E-state index in [1.165, 1.54) is 11.1 Å². The molecule has 6 heteroatoms. The molecule has 0 radical (unpaired) electrons. The SMILES string of the molecule is CCOC(=O)CCN1CCC(=C2c3ccc(Cl)cc3OCc3cccnc32)CC1. The van der Waals surface area contributed by atoms with Gasteiger partial charge in [0.1, 0.15) is 12.4 Å². The third-order valence-corrected chi connectivity index (χ3v) is 5.71. The van der Waals surface area contributed by atoms with Crippen LogP contribution >= 0.6 is 11.6 Å². The third kappa shape index (κ3) is 4.46. The highest BCUT2D eigenvalue weighted by Crippen LogP contribution is 2.41. The molecule has 0 spiro atoms. The fourth-order valence-corrected chi connectivity index (χ4v) is 4.18. The maximum Gasteiger partial charge on any atom is 0.307 e. The smallest absolute Gasteiger partial charge is 0.307 e. The molecule has 1 fully saturated rings. The van der Waals surface area contributed by atoms with Gasteiger partial charge in [0.2, 0.25) is 0 Å². The van der Waals surface area contributed by atoms with Gasteiger partial charge in [-0.2, -0.15) is 0 Å². The molecule has 29 heavy (non-hydrogen) atoms. The summed E-state index contributed by atoms with van der Waals surface area (Å²) in [6.07, 6.45) is 4.17. The Morgan fingerprint density at radius 1 is 1.28 bits per heavy atom. The number of halogens is 1. The van der Waals surface area contributed by atoms with Crippen LogP contribution in [0.25, 0.3) is 5.57 Å². The van der Waals surface area contributed by atoms with Crippen LogP contribution in [0.5, 0.6) is 5.75 Å². The summed E-state index contributed by atoms with van der Waals surface area (Å²) in [7, 11) is 0. The van der Waals surface area contributed by atoms with Gasteiger partial charge in [-0.05, 0) is 44.0 Å². The van der Waals surface area contributed by atoms with Crippen LogP contribution in [0, 0.1) is 0 Å². The lowest BCUT2D eigenvalue weighted by atomic mass is 9.89. The van der Waals surface area contributed by atoms with E-state index in [4.69, 9.17) is 26.1 Å². The van der Waals surface area contributed by atoms with Crippen LogP contribution in [-0.2, 0) is 16.1 Å². The van der Waals surface area contributed by atoms with Crippen LogP contribution in [-0.4, -0.2) is 42.1 Å². The molecule has 0 N–H and O–H groups in total. The number of hydrogen-bond donors (Lipinski definition) is 0. The summed E-state index contributed by atoms with van der Waals surface area (Å²) in [5.41, 5.74) is 5.71. The first kappa shape index (κ1) is 19.9. The van der Waals surface area contributed by atoms with E-state index < -0.39 is 0 Å². The lowest BCUT2D eigenvalue weighted by Gasteiger charge is -2.29. The fraction of sp³-hybridized carbons (Fsp3) is 0.391. The number of ether oxygens (including phenoxy) is 2. The quantitative estimate of drug-likeness (QED) is 0.693. The van der Waals surface area contributed by atoms with Crippen LogP contribution < -0.4 is 4.74 Å². The van der Waals surface area contributed by atoms with Gasteiger partial charge in [-0.1, -0.05) is 23.2 Å². The molecule has 152 valence electrons. The number of aromatic nitrogens is 1. The Balaban J connectivity index is 1.61. The van der Waals surface area contributed by atoms with Crippen molar-refractivity contribution in [3.63, 3.8) is 0 Å². The number of pyridine rings is 1. The van der Waals surface area contributed by atoms with Gasteiger partial charge in [-0.15, -0.1) is 0 Å². The summed E-state index contributed by atoms with van der Waals surface area (Å²) in [6, 6.07) is 9.86. The Labute approximate surface area is 176 Å². The molecule has 3 heterocycles. The zero-order chi connectivity index (χ0) is 20.2. The fourth-order valence-electron chi connectivity index (χ4n) is 4.02. The molecule has 0 saturated carbocycles. The standard InChI is InChI=1S/C23H25ClN2O3/c1-2-28-21(27)9-13-26-11-7-16(8-12-26)22-19-6-5-18(24)14-20(19)29-15-17-4-3-10-25-23(17)22/h3-6,10,14H,2,7-9,11-13,15H2,1H3. The maximum atomic E-state index is 11.6. The molecule has 0 aliphatic carbocycles. The molecule has 2 aliphatic rings. The number of carbonyl (C=O) groups excluding carboxylic acids is 1. The zero-order valence-corrected chi connectivity index (χ0v) is 17.4. The molecule has 1 saturated heterocycles. The highest BCUT2D eigenvalue weighted by atomic mass is 35.5. The predicted octanol–water partition coefficient (Wildman–Crippen LogP) is 4.48. The maximum absolute atomic E-state index is 11.6. The molecule has 0 atom stereocenters. The summed E-state index contributed by atoms with van der Waals surface area (Å²) < 4.78 is 11.1. The van der Waals surface area contributed by atoms with Gasteiger partial charge >= 0.3 is 5.97 Å². The average Bonchev–Trinajstić information content (AvgIpc) is 2.89. The van der Waals surface area contributed by atoms with E-state index in [9.17, 15) is 4.79 Å². The average molecular weight is 413 g/mol. The molecule has 0 bridgehead atoms. The van der Waals surface area contributed by atoms with Crippen LogP contribution in [0.1, 0.15) is 43.0 Å². The van der Waals surface area contributed by atoms with Crippen molar-refractivity contribution in [2.45, 2.75) is 32.8 Å². The Kier molecular flexibility index (Phi) is 6.16. The highest BCUT2D eigenvalue weighted by molar-refractivity contribution is 6.30. The van der Waals surface area contributed by atoms with Crippen molar-refractivity contribution in [3.05, 3.63) is 63.9 Å². The lowest BCUT2D eigenvalue weighted by molar-refractivity contribution is -0.143. The van der Waals surface area contributed by atoms with Crippen molar-refractivity contribution in [3.8, 4) is 5.75 Å². The van der Waals surface area contributed by atoms with E-state index in [1.807, 2.05) is 37.4 Å². The Morgan fingerprint density at radius 3 is 2.90 bits per heavy atom. The Morgan fingerprint density at radius 2 is 2.10 bits per heavy atom. The monoisotopic (exact) mass is 412 g/mol. The number of benzene rings is 1. The molecule has 0 amide bonds. The van der Waals surface area contributed by atoms with E-state index in [0.717, 1.165) is 55.0 Å². The first-order valence-electron chi connectivity index (χ1n) is 10.1. The second kappa shape index (κ2) is 8.97. The van der Waals surface area contributed by atoms with Crippen molar-refractivity contribution in [1.29, 1.82) is 0 Å². The predicted molar refractivity (Wildman–Crippen MR) is 113 cm³/mol. The lowest BCUT2D eigenvalue weighted by Crippen LogP contribution is -2.33.